The van der Waals surface area contributed by atoms with Crippen LogP contribution in [0.15, 0.2) is 95.5 Å². The Kier molecular flexibility index (Phi) is 10.6. The first-order valence-corrected chi connectivity index (χ1v) is 14.3. The lowest BCUT2D eigenvalue weighted by atomic mass is 10.1. The summed E-state index contributed by atoms with van der Waals surface area (Å²) < 4.78 is 55.4. The van der Waals surface area contributed by atoms with Gasteiger partial charge in [0.25, 0.3) is 11.8 Å². The lowest BCUT2D eigenvalue weighted by molar-refractivity contribution is -0.116. The second-order valence-corrected chi connectivity index (χ2v) is 10.9. The van der Waals surface area contributed by atoms with Crippen LogP contribution in [0.2, 0.25) is 0 Å². The minimum absolute atomic E-state index is 0.0142. The fourth-order valence-corrected chi connectivity index (χ4v) is 5.10. The summed E-state index contributed by atoms with van der Waals surface area (Å²) in [5.74, 6) is -8.67. The van der Waals surface area contributed by atoms with Crippen molar-refractivity contribution in [2.75, 3.05) is 10.6 Å². The van der Waals surface area contributed by atoms with E-state index < -0.39 is 51.9 Å². The maximum atomic E-state index is 14.1. The predicted molar refractivity (Wildman–Crippen MR) is 163 cm³/mol. The third-order valence-corrected chi connectivity index (χ3v) is 7.63. The molecule has 0 heterocycles. The number of rotatable bonds is 10. The second-order valence-electron chi connectivity index (χ2n) is 9.62. The van der Waals surface area contributed by atoms with E-state index >= 15 is 0 Å². The molecule has 0 saturated heterocycles. The SMILES string of the molecule is CCC(Sc1cccc(NC(=O)/C(=C\c2cccc(C)c2)NC(=O)c2ccccc2)c1)C(=O)Nc1c(F)c(F)cc(F)c1F. The molecule has 4 aromatic rings. The molecule has 0 aliphatic rings. The number of thioether (sulfide) groups is 1. The van der Waals surface area contributed by atoms with Crippen LogP contribution in [-0.4, -0.2) is 23.0 Å². The largest absolute Gasteiger partial charge is 0.321 e. The molecule has 0 bridgehead atoms. The van der Waals surface area contributed by atoms with Gasteiger partial charge in [-0.1, -0.05) is 61.0 Å². The predicted octanol–water partition coefficient (Wildman–Crippen LogP) is 7.47. The molecule has 3 N–H and O–H groups in total. The number of hydrogen-bond acceptors (Lipinski definition) is 4. The van der Waals surface area contributed by atoms with Crippen molar-refractivity contribution in [3.8, 4) is 0 Å². The van der Waals surface area contributed by atoms with Gasteiger partial charge in [0.15, 0.2) is 23.3 Å². The third-order valence-electron chi connectivity index (χ3n) is 6.28. The highest BCUT2D eigenvalue weighted by Gasteiger charge is 2.25. The zero-order valence-electron chi connectivity index (χ0n) is 23.6. The number of aryl methyl sites for hydroxylation is 1. The van der Waals surface area contributed by atoms with E-state index in [-0.39, 0.29) is 18.2 Å². The van der Waals surface area contributed by atoms with Gasteiger partial charge in [-0.25, -0.2) is 17.6 Å². The molecule has 4 rings (SSSR count). The van der Waals surface area contributed by atoms with Crippen molar-refractivity contribution >= 4 is 46.9 Å². The maximum absolute atomic E-state index is 14.1. The molecular formula is C33H27F4N3O3S. The molecule has 44 heavy (non-hydrogen) atoms. The number of amides is 3. The van der Waals surface area contributed by atoms with Crippen molar-refractivity contribution in [1.82, 2.24) is 5.32 Å². The third kappa shape index (κ3) is 8.13. The average molecular weight is 622 g/mol. The van der Waals surface area contributed by atoms with Crippen molar-refractivity contribution < 1.29 is 31.9 Å². The van der Waals surface area contributed by atoms with Gasteiger partial charge in [0.2, 0.25) is 5.91 Å². The molecule has 0 aliphatic heterocycles. The van der Waals surface area contributed by atoms with E-state index in [1.807, 2.05) is 30.4 Å². The Labute approximate surface area is 255 Å². The van der Waals surface area contributed by atoms with Gasteiger partial charge in [-0.2, -0.15) is 0 Å². The van der Waals surface area contributed by atoms with Crippen molar-refractivity contribution in [3.63, 3.8) is 0 Å². The smallest absolute Gasteiger partial charge is 0.272 e. The summed E-state index contributed by atoms with van der Waals surface area (Å²) in [5, 5.41) is 6.45. The second kappa shape index (κ2) is 14.5. The van der Waals surface area contributed by atoms with Gasteiger partial charge in [0.1, 0.15) is 11.4 Å². The molecule has 0 saturated carbocycles. The zero-order valence-corrected chi connectivity index (χ0v) is 24.4. The van der Waals surface area contributed by atoms with Crippen LogP contribution in [0.4, 0.5) is 28.9 Å². The van der Waals surface area contributed by atoms with Crippen LogP contribution in [0.3, 0.4) is 0 Å². The number of nitrogens with one attached hydrogen (secondary N) is 3. The Morgan fingerprint density at radius 1 is 0.818 bits per heavy atom. The van der Waals surface area contributed by atoms with Gasteiger partial charge in [0, 0.05) is 22.2 Å². The molecule has 0 fully saturated rings. The monoisotopic (exact) mass is 621 g/mol. The van der Waals surface area contributed by atoms with Crippen LogP contribution in [0.25, 0.3) is 6.08 Å². The molecule has 0 radical (unpaired) electrons. The Morgan fingerprint density at radius 2 is 1.50 bits per heavy atom. The normalized spacial score (nSPS) is 11.9. The van der Waals surface area contributed by atoms with E-state index in [2.05, 4.69) is 10.6 Å². The summed E-state index contributed by atoms with van der Waals surface area (Å²) in [5.41, 5.74) is 1.12. The fourth-order valence-electron chi connectivity index (χ4n) is 4.09. The molecule has 1 unspecified atom stereocenters. The minimum atomic E-state index is -1.71. The molecule has 0 aliphatic carbocycles. The Hall–Kier alpha value is -4.90. The van der Waals surface area contributed by atoms with Crippen LogP contribution in [0.1, 0.15) is 34.8 Å². The molecule has 3 amide bonds. The van der Waals surface area contributed by atoms with Crippen LogP contribution in [0, 0.1) is 30.2 Å². The standard InChI is InChI=1S/C33H27F4N3O3S/c1-3-27(33(43)40-30-28(36)24(34)18-25(35)29(30)37)44-23-14-8-13-22(17-23)38-32(42)26(16-20-10-7-9-19(2)15-20)39-31(41)21-11-5-4-6-12-21/h4-18,27H,3H2,1-2H3,(H,38,42)(H,39,41)(H,40,43)/b26-16+. The molecule has 11 heteroatoms. The topological polar surface area (TPSA) is 87.3 Å². The molecular weight excluding hydrogens is 594 g/mol. The molecule has 0 spiro atoms. The highest BCUT2D eigenvalue weighted by atomic mass is 32.2. The molecule has 1 atom stereocenters. The lowest BCUT2D eigenvalue weighted by Gasteiger charge is -2.17. The summed E-state index contributed by atoms with van der Waals surface area (Å²) in [6.45, 7) is 3.55. The van der Waals surface area contributed by atoms with E-state index in [0.29, 0.717) is 21.7 Å². The van der Waals surface area contributed by atoms with Gasteiger partial charge in [-0.05, 0) is 55.3 Å². The fraction of sp³-hybridized carbons (Fsp3) is 0.121. The Bertz CT molecular complexity index is 1700. The quantitative estimate of drug-likeness (QED) is 0.0742. The van der Waals surface area contributed by atoms with E-state index in [1.54, 1.807) is 73.7 Å². The number of anilines is 2. The highest BCUT2D eigenvalue weighted by Crippen LogP contribution is 2.30. The zero-order chi connectivity index (χ0) is 31.8. The molecule has 4 aromatic carbocycles. The van der Waals surface area contributed by atoms with Gasteiger partial charge in [-0.3, -0.25) is 14.4 Å². The van der Waals surface area contributed by atoms with Crippen LogP contribution in [0.5, 0.6) is 0 Å². The molecule has 0 aromatic heterocycles. The summed E-state index contributed by atoms with van der Waals surface area (Å²) in [6, 6.07) is 22.3. The van der Waals surface area contributed by atoms with Crippen LogP contribution >= 0.6 is 11.8 Å². The van der Waals surface area contributed by atoms with Crippen LogP contribution in [-0.2, 0) is 9.59 Å². The maximum Gasteiger partial charge on any atom is 0.272 e. The Balaban J connectivity index is 1.52. The van der Waals surface area contributed by atoms with E-state index in [4.69, 9.17) is 0 Å². The number of benzene rings is 4. The molecule has 6 nitrogen and oxygen atoms in total. The van der Waals surface area contributed by atoms with Crippen molar-refractivity contribution in [3.05, 3.63) is 131 Å². The van der Waals surface area contributed by atoms with Gasteiger partial charge in [0.05, 0.1) is 5.25 Å². The average Bonchev–Trinajstić information content (AvgIpc) is 3.01. The number of carbonyl (C=O) groups is 3. The van der Waals surface area contributed by atoms with Crippen molar-refractivity contribution in [1.29, 1.82) is 0 Å². The molecule has 226 valence electrons. The van der Waals surface area contributed by atoms with E-state index in [0.717, 1.165) is 17.3 Å². The van der Waals surface area contributed by atoms with Gasteiger partial charge in [-0.15, -0.1) is 11.8 Å². The van der Waals surface area contributed by atoms with E-state index in [9.17, 15) is 31.9 Å². The summed E-state index contributed by atoms with van der Waals surface area (Å²) in [4.78, 5) is 39.6. The minimum Gasteiger partial charge on any atom is -0.321 e. The number of carbonyl (C=O) groups excluding carboxylic acids is 3. The summed E-state index contributed by atoms with van der Waals surface area (Å²) in [7, 11) is 0. The summed E-state index contributed by atoms with van der Waals surface area (Å²) >= 11 is 1.02. The summed E-state index contributed by atoms with van der Waals surface area (Å²) in [6.07, 6.45) is 1.75. The first-order chi connectivity index (χ1) is 21.0. The Morgan fingerprint density at radius 3 is 2.16 bits per heavy atom. The van der Waals surface area contributed by atoms with E-state index in [1.165, 1.54) is 0 Å². The first kappa shape index (κ1) is 32.0. The van der Waals surface area contributed by atoms with Crippen molar-refractivity contribution in [2.45, 2.75) is 30.4 Å². The lowest BCUT2D eigenvalue weighted by Crippen LogP contribution is -2.30. The number of hydrogen-bond donors (Lipinski definition) is 3. The number of halogens is 4. The van der Waals surface area contributed by atoms with Crippen LogP contribution < -0.4 is 16.0 Å². The van der Waals surface area contributed by atoms with Gasteiger partial charge < -0.3 is 16.0 Å². The van der Waals surface area contributed by atoms with Crippen molar-refractivity contribution in [2.24, 2.45) is 0 Å². The van der Waals surface area contributed by atoms with Gasteiger partial charge >= 0.3 is 0 Å². The first-order valence-electron chi connectivity index (χ1n) is 13.4. The highest BCUT2D eigenvalue weighted by molar-refractivity contribution is 8.00.